The second-order valence-electron chi connectivity index (χ2n) is 15.1. The van der Waals surface area contributed by atoms with Crippen molar-refractivity contribution in [2.75, 3.05) is 6.61 Å². The third-order valence-corrected chi connectivity index (χ3v) is 12.6. The van der Waals surface area contributed by atoms with Crippen LogP contribution in [0.25, 0.3) is 0 Å². The lowest BCUT2D eigenvalue weighted by Crippen LogP contribution is -2.61. The molecule has 0 unspecified atom stereocenters. The summed E-state index contributed by atoms with van der Waals surface area (Å²) in [7, 11) is 0. The standard InChI is InChI=1S/C36H58O5/c1-8-9-10-11-12-13-14-15-16-17-18-19-29(38)41-36-22-26(3)34(7)28(30(36)32(36,4)5)20-27(24-37)23-35(40)31(39)25(2)21-33(34,35)6/h20-21,26,28,30,37,40H,8-19,22-24H2,1-7H3/t26-,28+,30-,33-,34+,35+,36+/m1/s1. The van der Waals surface area contributed by atoms with E-state index >= 15 is 0 Å². The van der Waals surface area contributed by atoms with Crippen LogP contribution in [0.5, 0.6) is 0 Å². The second kappa shape index (κ2) is 11.9. The minimum Gasteiger partial charge on any atom is -0.458 e. The lowest BCUT2D eigenvalue weighted by atomic mass is 9.46. The molecule has 4 aliphatic rings. The highest BCUT2D eigenvalue weighted by Gasteiger charge is 2.83. The van der Waals surface area contributed by atoms with E-state index in [0.717, 1.165) is 19.3 Å². The first-order valence-corrected chi connectivity index (χ1v) is 16.8. The average molecular weight is 571 g/mol. The zero-order chi connectivity index (χ0) is 30.3. The van der Waals surface area contributed by atoms with Crippen LogP contribution in [-0.4, -0.2) is 39.8 Å². The maximum Gasteiger partial charge on any atom is 0.306 e. The number of carbonyl (C=O) groups is 2. The third kappa shape index (κ3) is 5.09. The van der Waals surface area contributed by atoms with Gasteiger partial charge in [-0.3, -0.25) is 9.59 Å². The first-order chi connectivity index (χ1) is 19.3. The van der Waals surface area contributed by atoms with Gasteiger partial charge in [0.05, 0.1) is 6.61 Å². The van der Waals surface area contributed by atoms with Crippen molar-refractivity contribution < 1.29 is 24.5 Å². The fourth-order valence-corrected chi connectivity index (χ4v) is 9.67. The molecule has 0 aromatic carbocycles. The number of aliphatic hydroxyl groups excluding tert-OH is 1. The Morgan fingerprint density at radius 1 is 0.976 bits per heavy atom. The van der Waals surface area contributed by atoms with E-state index in [0.29, 0.717) is 17.6 Å². The van der Waals surface area contributed by atoms with E-state index in [9.17, 15) is 19.8 Å². The molecule has 41 heavy (non-hydrogen) atoms. The number of carbonyl (C=O) groups excluding carboxylic acids is 2. The number of ketones is 1. The van der Waals surface area contributed by atoms with E-state index in [-0.39, 0.29) is 47.9 Å². The van der Waals surface area contributed by atoms with Gasteiger partial charge in [-0.15, -0.1) is 0 Å². The Morgan fingerprint density at radius 2 is 1.54 bits per heavy atom. The predicted molar refractivity (Wildman–Crippen MR) is 164 cm³/mol. The van der Waals surface area contributed by atoms with Crippen molar-refractivity contribution in [3.05, 3.63) is 23.3 Å². The van der Waals surface area contributed by atoms with Crippen LogP contribution in [0.1, 0.15) is 138 Å². The van der Waals surface area contributed by atoms with Gasteiger partial charge in [0.25, 0.3) is 0 Å². The number of aliphatic hydroxyl groups is 2. The molecule has 0 aliphatic heterocycles. The molecule has 5 heteroatoms. The van der Waals surface area contributed by atoms with E-state index in [1.54, 1.807) is 6.92 Å². The molecule has 0 spiro atoms. The van der Waals surface area contributed by atoms with Crippen LogP contribution in [0.2, 0.25) is 0 Å². The average Bonchev–Trinajstić information content (AvgIpc) is 3.34. The Labute approximate surface area is 249 Å². The number of esters is 1. The van der Waals surface area contributed by atoms with E-state index in [1.807, 2.05) is 13.0 Å². The number of allylic oxidation sites excluding steroid dienone is 1. The SMILES string of the molecule is CCCCCCCCCCCCCC(=O)O[C@@]12C[C@@H](C)[C@@]3(C)[C@@H](C=C(CO)C[C@]4(O)C(=O)C(C)=C[C@]34C)[C@@H]1C2(C)C. The van der Waals surface area contributed by atoms with Gasteiger partial charge in [-0.1, -0.05) is 118 Å². The minimum atomic E-state index is -1.58. The summed E-state index contributed by atoms with van der Waals surface area (Å²) in [5.41, 5.74) is -2.28. The van der Waals surface area contributed by atoms with Crippen molar-refractivity contribution >= 4 is 11.8 Å². The Hall–Kier alpha value is -1.46. The highest BCUT2D eigenvalue weighted by atomic mass is 16.6. The molecular weight excluding hydrogens is 512 g/mol. The maximum atomic E-state index is 13.4. The molecule has 2 N–H and O–H groups in total. The van der Waals surface area contributed by atoms with E-state index in [2.05, 4.69) is 40.7 Å². The molecule has 4 aliphatic carbocycles. The lowest BCUT2D eigenvalue weighted by molar-refractivity contribution is -0.179. The molecule has 0 heterocycles. The lowest BCUT2D eigenvalue weighted by Gasteiger charge is -2.58. The van der Waals surface area contributed by atoms with Crippen LogP contribution >= 0.6 is 0 Å². The summed E-state index contributed by atoms with van der Waals surface area (Å²) in [6, 6.07) is 0. The normalized spacial score (nSPS) is 38.8. The summed E-state index contributed by atoms with van der Waals surface area (Å²) in [4.78, 5) is 26.6. The van der Waals surface area contributed by atoms with Gasteiger partial charge in [0.1, 0.15) is 11.2 Å². The summed E-state index contributed by atoms with van der Waals surface area (Å²) in [6.07, 6.45) is 19.2. The number of hydrogen-bond acceptors (Lipinski definition) is 5. The van der Waals surface area contributed by atoms with Crippen LogP contribution in [-0.2, 0) is 14.3 Å². The van der Waals surface area contributed by atoms with Gasteiger partial charge >= 0.3 is 5.97 Å². The number of fused-ring (bicyclic) bond motifs is 5. The zero-order valence-corrected chi connectivity index (χ0v) is 27.1. The molecule has 0 amide bonds. The van der Waals surface area contributed by atoms with Gasteiger partial charge < -0.3 is 14.9 Å². The fraction of sp³-hybridized carbons (Fsp3) is 0.833. The molecule has 2 saturated carbocycles. The molecule has 0 radical (unpaired) electrons. The summed E-state index contributed by atoms with van der Waals surface area (Å²) < 4.78 is 6.47. The molecule has 2 fully saturated rings. The number of rotatable bonds is 14. The largest absolute Gasteiger partial charge is 0.458 e. The van der Waals surface area contributed by atoms with Gasteiger partial charge in [0.15, 0.2) is 5.78 Å². The van der Waals surface area contributed by atoms with Crippen LogP contribution in [0.15, 0.2) is 23.3 Å². The van der Waals surface area contributed by atoms with Crippen molar-refractivity contribution in [1.29, 1.82) is 0 Å². The number of hydrogen-bond donors (Lipinski definition) is 2. The van der Waals surface area contributed by atoms with Crippen molar-refractivity contribution in [3.8, 4) is 0 Å². The molecule has 4 rings (SSSR count). The molecule has 7 atom stereocenters. The van der Waals surface area contributed by atoms with E-state index in [4.69, 9.17) is 4.74 Å². The predicted octanol–water partition coefficient (Wildman–Crippen LogP) is 7.88. The topological polar surface area (TPSA) is 83.8 Å². The highest BCUT2D eigenvalue weighted by molar-refractivity contribution is 6.05. The Balaban J connectivity index is 1.41. The van der Waals surface area contributed by atoms with Crippen molar-refractivity contribution in [2.24, 2.45) is 34.0 Å². The van der Waals surface area contributed by atoms with Gasteiger partial charge in [-0.2, -0.15) is 0 Å². The maximum absolute atomic E-state index is 13.4. The highest BCUT2D eigenvalue weighted by Crippen LogP contribution is 2.80. The molecule has 232 valence electrons. The molecule has 0 saturated heterocycles. The van der Waals surface area contributed by atoms with Crippen LogP contribution in [0.3, 0.4) is 0 Å². The quantitative estimate of drug-likeness (QED) is 0.126. The van der Waals surface area contributed by atoms with Crippen LogP contribution in [0, 0.1) is 34.0 Å². The Kier molecular flexibility index (Phi) is 9.42. The summed E-state index contributed by atoms with van der Waals surface area (Å²) in [5, 5.41) is 22.4. The monoisotopic (exact) mass is 570 g/mol. The van der Waals surface area contributed by atoms with Crippen molar-refractivity contribution in [3.63, 3.8) is 0 Å². The Bertz CT molecular complexity index is 1060. The van der Waals surface area contributed by atoms with Gasteiger partial charge in [0, 0.05) is 29.6 Å². The van der Waals surface area contributed by atoms with Crippen molar-refractivity contribution in [2.45, 2.75) is 150 Å². The van der Waals surface area contributed by atoms with Gasteiger partial charge in [0.2, 0.25) is 0 Å². The third-order valence-electron chi connectivity index (χ3n) is 12.6. The number of ether oxygens (including phenoxy) is 1. The van der Waals surface area contributed by atoms with Crippen molar-refractivity contribution in [1.82, 2.24) is 0 Å². The van der Waals surface area contributed by atoms with Crippen LogP contribution < -0.4 is 0 Å². The number of unbranched alkanes of at least 4 members (excludes halogenated alkanes) is 10. The molecule has 5 nitrogen and oxygen atoms in total. The molecular formula is C36H58O5. The van der Waals surface area contributed by atoms with Gasteiger partial charge in [-0.25, -0.2) is 0 Å². The minimum absolute atomic E-state index is 0.0350. The Morgan fingerprint density at radius 3 is 2.10 bits per heavy atom. The zero-order valence-electron chi connectivity index (χ0n) is 27.1. The van der Waals surface area contributed by atoms with Gasteiger partial charge in [-0.05, 0) is 48.2 Å². The fourth-order valence-electron chi connectivity index (χ4n) is 9.67. The second-order valence-corrected chi connectivity index (χ2v) is 15.1. The molecule has 0 bridgehead atoms. The van der Waals surface area contributed by atoms with E-state index in [1.165, 1.54) is 57.8 Å². The smallest absolute Gasteiger partial charge is 0.306 e. The van der Waals surface area contributed by atoms with Crippen LogP contribution in [0.4, 0.5) is 0 Å². The van der Waals surface area contributed by atoms with E-state index < -0.39 is 22.0 Å². The molecule has 0 aromatic heterocycles. The summed E-state index contributed by atoms with van der Waals surface area (Å²) in [6.45, 7) is 14.7. The summed E-state index contributed by atoms with van der Waals surface area (Å²) >= 11 is 0. The summed E-state index contributed by atoms with van der Waals surface area (Å²) in [5.74, 6) is -0.198. The number of Topliss-reactive ketones (excluding diaryl/α,β-unsaturated/α-hetero) is 1. The molecule has 0 aromatic rings. The first kappa shape index (κ1) is 32.5. The first-order valence-electron chi connectivity index (χ1n) is 16.8.